The van der Waals surface area contributed by atoms with E-state index in [0.29, 0.717) is 19.0 Å². The first-order valence-electron chi connectivity index (χ1n) is 6.26. The first-order valence-corrected chi connectivity index (χ1v) is 6.26. The van der Waals surface area contributed by atoms with Gasteiger partial charge in [-0.1, -0.05) is 37.3 Å². The number of rotatable bonds is 7. The van der Waals surface area contributed by atoms with Gasteiger partial charge in [-0.2, -0.15) is 0 Å². The van der Waals surface area contributed by atoms with E-state index in [9.17, 15) is 4.79 Å². The molecule has 0 heterocycles. The van der Waals surface area contributed by atoms with Crippen LogP contribution < -0.4 is 10.6 Å². The summed E-state index contributed by atoms with van der Waals surface area (Å²) in [4.78, 5) is 11.6. The Kier molecular flexibility index (Phi) is 6.33. The standard InChI is InChI=1S/C14H22N2O/c1-3-15-12(2)11-16-14(17)10-9-13-7-5-4-6-8-13/h4-8,12,15H,3,9-11H2,1-2H3,(H,16,17)/t12-/m1/s1. The van der Waals surface area contributed by atoms with Crippen molar-refractivity contribution in [1.29, 1.82) is 0 Å². The summed E-state index contributed by atoms with van der Waals surface area (Å²) in [6.45, 7) is 5.76. The van der Waals surface area contributed by atoms with Crippen LogP contribution in [0.25, 0.3) is 0 Å². The molecule has 3 heteroatoms. The second-order valence-corrected chi connectivity index (χ2v) is 4.25. The van der Waals surface area contributed by atoms with Crippen LogP contribution in [-0.2, 0) is 11.2 Å². The van der Waals surface area contributed by atoms with Crippen LogP contribution >= 0.6 is 0 Å². The van der Waals surface area contributed by atoms with E-state index in [0.717, 1.165) is 13.0 Å². The highest BCUT2D eigenvalue weighted by molar-refractivity contribution is 5.76. The zero-order valence-corrected chi connectivity index (χ0v) is 10.7. The fraction of sp³-hybridized carbons (Fsp3) is 0.500. The van der Waals surface area contributed by atoms with E-state index < -0.39 is 0 Å². The molecule has 0 unspecified atom stereocenters. The Bertz CT molecular complexity index is 324. The summed E-state index contributed by atoms with van der Waals surface area (Å²) < 4.78 is 0. The fourth-order valence-corrected chi connectivity index (χ4v) is 1.68. The largest absolute Gasteiger partial charge is 0.355 e. The Hall–Kier alpha value is -1.35. The Morgan fingerprint density at radius 2 is 2.00 bits per heavy atom. The molecule has 0 bridgehead atoms. The van der Waals surface area contributed by atoms with Gasteiger partial charge in [-0.25, -0.2) is 0 Å². The monoisotopic (exact) mass is 234 g/mol. The van der Waals surface area contributed by atoms with Gasteiger partial charge in [0.05, 0.1) is 0 Å². The Morgan fingerprint density at radius 3 is 2.65 bits per heavy atom. The van der Waals surface area contributed by atoms with Crippen LogP contribution in [0.15, 0.2) is 30.3 Å². The summed E-state index contributed by atoms with van der Waals surface area (Å²) in [5, 5.41) is 6.20. The van der Waals surface area contributed by atoms with Gasteiger partial charge in [0.15, 0.2) is 0 Å². The molecule has 3 nitrogen and oxygen atoms in total. The predicted octanol–water partition coefficient (Wildman–Crippen LogP) is 1.73. The zero-order valence-electron chi connectivity index (χ0n) is 10.7. The minimum atomic E-state index is 0.124. The summed E-state index contributed by atoms with van der Waals surface area (Å²) >= 11 is 0. The van der Waals surface area contributed by atoms with Gasteiger partial charge in [0.1, 0.15) is 0 Å². The van der Waals surface area contributed by atoms with Crippen molar-refractivity contribution in [3.63, 3.8) is 0 Å². The van der Waals surface area contributed by atoms with Gasteiger partial charge in [-0.15, -0.1) is 0 Å². The Morgan fingerprint density at radius 1 is 1.29 bits per heavy atom. The number of carbonyl (C=O) groups is 1. The SMILES string of the molecule is CCN[C@H](C)CNC(=O)CCc1ccccc1. The molecular weight excluding hydrogens is 212 g/mol. The topological polar surface area (TPSA) is 41.1 Å². The summed E-state index contributed by atoms with van der Waals surface area (Å²) in [5.41, 5.74) is 1.21. The van der Waals surface area contributed by atoms with Crippen LogP contribution in [0.3, 0.4) is 0 Å². The lowest BCUT2D eigenvalue weighted by molar-refractivity contribution is -0.121. The lowest BCUT2D eigenvalue weighted by Gasteiger charge is -2.13. The summed E-state index contributed by atoms with van der Waals surface area (Å²) in [6.07, 6.45) is 1.37. The molecule has 0 saturated heterocycles. The normalized spacial score (nSPS) is 12.1. The molecule has 0 aliphatic carbocycles. The average Bonchev–Trinajstić information content (AvgIpc) is 2.35. The first-order chi connectivity index (χ1) is 8.22. The van der Waals surface area contributed by atoms with E-state index in [1.165, 1.54) is 5.56 Å². The van der Waals surface area contributed by atoms with Crippen LogP contribution in [0.5, 0.6) is 0 Å². The number of aryl methyl sites for hydroxylation is 1. The highest BCUT2D eigenvalue weighted by Crippen LogP contribution is 2.01. The molecule has 0 aliphatic heterocycles. The minimum Gasteiger partial charge on any atom is -0.355 e. The number of hydrogen-bond donors (Lipinski definition) is 2. The Balaban J connectivity index is 2.17. The molecule has 0 aromatic heterocycles. The van der Waals surface area contributed by atoms with Gasteiger partial charge >= 0.3 is 0 Å². The predicted molar refractivity (Wildman–Crippen MR) is 70.9 cm³/mol. The number of nitrogens with one attached hydrogen (secondary N) is 2. The Labute approximate surface area is 104 Å². The van der Waals surface area contributed by atoms with Crippen molar-refractivity contribution in [2.45, 2.75) is 32.7 Å². The lowest BCUT2D eigenvalue weighted by atomic mass is 10.1. The fourth-order valence-electron chi connectivity index (χ4n) is 1.68. The van der Waals surface area contributed by atoms with Crippen molar-refractivity contribution in [2.24, 2.45) is 0 Å². The van der Waals surface area contributed by atoms with Gasteiger partial charge in [-0.05, 0) is 25.5 Å². The molecule has 0 saturated carbocycles. The van der Waals surface area contributed by atoms with Crippen molar-refractivity contribution >= 4 is 5.91 Å². The quantitative estimate of drug-likeness (QED) is 0.754. The maximum atomic E-state index is 11.6. The molecule has 1 rings (SSSR count). The number of benzene rings is 1. The molecule has 0 radical (unpaired) electrons. The summed E-state index contributed by atoms with van der Waals surface area (Å²) in [6, 6.07) is 10.4. The number of likely N-dealkylation sites (N-methyl/N-ethyl adjacent to an activating group) is 1. The summed E-state index contributed by atoms with van der Waals surface area (Å²) in [7, 11) is 0. The minimum absolute atomic E-state index is 0.124. The molecule has 0 aliphatic rings. The van der Waals surface area contributed by atoms with Crippen molar-refractivity contribution in [3.05, 3.63) is 35.9 Å². The van der Waals surface area contributed by atoms with E-state index in [-0.39, 0.29) is 5.91 Å². The van der Waals surface area contributed by atoms with Crippen molar-refractivity contribution in [3.8, 4) is 0 Å². The van der Waals surface area contributed by atoms with Gasteiger partial charge in [-0.3, -0.25) is 4.79 Å². The third kappa shape index (κ3) is 6.07. The molecule has 1 aromatic carbocycles. The molecule has 2 N–H and O–H groups in total. The molecule has 1 amide bonds. The number of carbonyl (C=O) groups excluding carboxylic acids is 1. The maximum absolute atomic E-state index is 11.6. The van der Waals surface area contributed by atoms with E-state index in [1.807, 2.05) is 18.2 Å². The smallest absolute Gasteiger partial charge is 0.220 e. The molecule has 0 spiro atoms. The van der Waals surface area contributed by atoms with Crippen molar-refractivity contribution in [1.82, 2.24) is 10.6 Å². The van der Waals surface area contributed by atoms with Crippen molar-refractivity contribution < 1.29 is 4.79 Å². The van der Waals surface area contributed by atoms with Gasteiger partial charge in [0.25, 0.3) is 0 Å². The van der Waals surface area contributed by atoms with E-state index in [1.54, 1.807) is 0 Å². The van der Waals surface area contributed by atoms with Crippen LogP contribution in [0.1, 0.15) is 25.8 Å². The molecule has 0 fully saturated rings. The third-order valence-electron chi connectivity index (χ3n) is 2.64. The maximum Gasteiger partial charge on any atom is 0.220 e. The second-order valence-electron chi connectivity index (χ2n) is 4.25. The molecule has 94 valence electrons. The summed E-state index contributed by atoms with van der Waals surface area (Å²) in [5.74, 6) is 0.124. The average molecular weight is 234 g/mol. The zero-order chi connectivity index (χ0) is 12.5. The van der Waals surface area contributed by atoms with Crippen LogP contribution in [0.2, 0.25) is 0 Å². The van der Waals surface area contributed by atoms with Crippen LogP contribution in [-0.4, -0.2) is 25.0 Å². The highest BCUT2D eigenvalue weighted by Gasteiger charge is 2.04. The first kappa shape index (κ1) is 13.7. The lowest BCUT2D eigenvalue weighted by Crippen LogP contribution is -2.38. The van der Waals surface area contributed by atoms with Gasteiger partial charge < -0.3 is 10.6 Å². The number of amides is 1. The molecule has 1 atom stereocenters. The van der Waals surface area contributed by atoms with E-state index in [4.69, 9.17) is 0 Å². The number of hydrogen-bond acceptors (Lipinski definition) is 2. The molecule has 17 heavy (non-hydrogen) atoms. The molecule has 1 aromatic rings. The second kappa shape index (κ2) is 7.85. The van der Waals surface area contributed by atoms with Gasteiger partial charge in [0.2, 0.25) is 5.91 Å². The highest BCUT2D eigenvalue weighted by atomic mass is 16.1. The van der Waals surface area contributed by atoms with E-state index >= 15 is 0 Å². The van der Waals surface area contributed by atoms with Crippen molar-refractivity contribution in [2.75, 3.05) is 13.1 Å². The van der Waals surface area contributed by atoms with Crippen LogP contribution in [0, 0.1) is 0 Å². The molecular formula is C14H22N2O. The van der Waals surface area contributed by atoms with E-state index in [2.05, 4.69) is 36.6 Å². The third-order valence-corrected chi connectivity index (χ3v) is 2.64. The van der Waals surface area contributed by atoms with Gasteiger partial charge in [0, 0.05) is 19.0 Å². The van der Waals surface area contributed by atoms with Crippen LogP contribution in [0.4, 0.5) is 0 Å².